The van der Waals surface area contributed by atoms with E-state index in [4.69, 9.17) is 0 Å². The maximum atomic E-state index is 13.6. The standard InChI is InChI=1S/C17H24FNO/c1-17(2,3)16(20)19-10-8-13(9-11-19)12-14-6-4-5-7-15(14)18/h4-7,13H,8-12H2,1-3H3. The Morgan fingerprint density at radius 2 is 1.85 bits per heavy atom. The first-order valence-electron chi connectivity index (χ1n) is 7.40. The van der Waals surface area contributed by atoms with E-state index >= 15 is 0 Å². The van der Waals surface area contributed by atoms with Gasteiger partial charge in [0.2, 0.25) is 5.91 Å². The summed E-state index contributed by atoms with van der Waals surface area (Å²) in [6.45, 7) is 7.48. The number of amides is 1. The number of carbonyl (C=O) groups is 1. The number of nitrogens with zero attached hydrogens (tertiary/aromatic N) is 1. The number of halogens is 1. The predicted octanol–water partition coefficient (Wildman–Crippen LogP) is 3.65. The van der Waals surface area contributed by atoms with Crippen molar-refractivity contribution in [3.8, 4) is 0 Å². The van der Waals surface area contributed by atoms with Gasteiger partial charge in [-0.1, -0.05) is 39.0 Å². The summed E-state index contributed by atoms with van der Waals surface area (Å²) in [5.74, 6) is 0.596. The van der Waals surface area contributed by atoms with Crippen LogP contribution in [0.15, 0.2) is 24.3 Å². The third kappa shape index (κ3) is 3.59. The molecule has 0 saturated carbocycles. The number of benzene rings is 1. The molecule has 1 aliphatic heterocycles. The van der Waals surface area contributed by atoms with Gasteiger partial charge in [-0.15, -0.1) is 0 Å². The smallest absolute Gasteiger partial charge is 0.227 e. The predicted molar refractivity (Wildman–Crippen MR) is 78.9 cm³/mol. The molecule has 1 aromatic carbocycles. The minimum absolute atomic E-state index is 0.110. The zero-order chi connectivity index (χ0) is 14.8. The monoisotopic (exact) mass is 277 g/mol. The number of hydrogen-bond acceptors (Lipinski definition) is 1. The summed E-state index contributed by atoms with van der Waals surface area (Å²) in [7, 11) is 0. The highest BCUT2D eigenvalue weighted by Gasteiger charge is 2.30. The molecule has 0 radical (unpaired) electrons. The number of hydrogen-bond donors (Lipinski definition) is 0. The Morgan fingerprint density at radius 3 is 2.40 bits per heavy atom. The van der Waals surface area contributed by atoms with Crippen LogP contribution < -0.4 is 0 Å². The minimum atomic E-state index is -0.307. The summed E-state index contributed by atoms with van der Waals surface area (Å²) in [5.41, 5.74) is 0.492. The van der Waals surface area contributed by atoms with Crippen LogP contribution in [-0.2, 0) is 11.2 Å². The topological polar surface area (TPSA) is 20.3 Å². The molecule has 2 nitrogen and oxygen atoms in total. The summed E-state index contributed by atoms with van der Waals surface area (Å²) in [5, 5.41) is 0. The van der Waals surface area contributed by atoms with Crippen LogP contribution in [-0.4, -0.2) is 23.9 Å². The van der Waals surface area contributed by atoms with Gasteiger partial charge in [-0.05, 0) is 36.8 Å². The average Bonchev–Trinajstić information content (AvgIpc) is 2.40. The number of carbonyl (C=O) groups excluding carboxylic acids is 1. The van der Waals surface area contributed by atoms with E-state index in [1.165, 1.54) is 6.07 Å². The fourth-order valence-electron chi connectivity index (χ4n) is 2.79. The summed E-state index contributed by atoms with van der Waals surface area (Å²) in [4.78, 5) is 14.2. The van der Waals surface area contributed by atoms with Crippen LogP contribution in [0.4, 0.5) is 4.39 Å². The van der Waals surface area contributed by atoms with E-state index in [1.54, 1.807) is 6.07 Å². The van der Waals surface area contributed by atoms with Crippen LogP contribution in [0.5, 0.6) is 0 Å². The number of piperidine rings is 1. The van der Waals surface area contributed by atoms with Crippen molar-refractivity contribution in [2.75, 3.05) is 13.1 Å². The lowest BCUT2D eigenvalue weighted by Gasteiger charge is -2.35. The Balaban J connectivity index is 1.89. The van der Waals surface area contributed by atoms with Crippen molar-refractivity contribution in [3.63, 3.8) is 0 Å². The normalized spacial score (nSPS) is 17.3. The van der Waals surface area contributed by atoms with Crippen LogP contribution in [0, 0.1) is 17.2 Å². The van der Waals surface area contributed by atoms with Gasteiger partial charge in [-0.3, -0.25) is 4.79 Å². The second-order valence-electron chi connectivity index (χ2n) is 6.78. The molecule has 0 aliphatic carbocycles. The maximum absolute atomic E-state index is 13.6. The van der Waals surface area contributed by atoms with Crippen molar-refractivity contribution in [2.24, 2.45) is 11.3 Å². The lowest BCUT2D eigenvalue weighted by atomic mass is 9.88. The van der Waals surface area contributed by atoms with Gasteiger partial charge >= 0.3 is 0 Å². The molecule has 0 bridgehead atoms. The maximum Gasteiger partial charge on any atom is 0.227 e. The number of likely N-dealkylation sites (tertiary alicyclic amines) is 1. The Morgan fingerprint density at radius 1 is 1.25 bits per heavy atom. The third-order valence-electron chi connectivity index (χ3n) is 4.01. The van der Waals surface area contributed by atoms with Gasteiger partial charge in [0.1, 0.15) is 5.82 Å². The summed E-state index contributed by atoms with van der Waals surface area (Å²) < 4.78 is 13.6. The Kier molecular flexibility index (Phi) is 4.46. The molecule has 1 fully saturated rings. The zero-order valence-corrected chi connectivity index (χ0v) is 12.7. The van der Waals surface area contributed by atoms with Crippen LogP contribution in [0.25, 0.3) is 0 Å². The van der Waals surface area contributed by atoms with Gasteiger partial charge in [0, 0.05) is 18.5 Å². The number of rotatable bonds is 2. The molecule has 20 heavy (non-hydrogen) atoms. The molecular weight excluding hydrogens is 253 g/mol. The van der Waals surface area contributed by atoms with Crippen LogP contribution in [0.3, 0.4) is 0 Å². The average molecular weight is 277 g/mol. The van der Waals surface area contributed by atoms with Crippen molar-refractivity contribution >= 4 is 5.91 Å². The van der Waals surface area contributed by atoms with Crippen LogP contribution >= 0.6 is 0 Å². The summed E-state index contributed by atoms with van der Waals surface area (Å²) >= 11 is 0. The molecule has 1 heterocycles. The Hall–Kier alpha value is -1.38. The lowest BCUT2D eigenvalue weighted by Crippen LogP contribution is -2.44. The quantitative estimate of drug-likeness (QED) is 0.808. The lowest BCUT2D eigenvalue weighted by molar-refractivity contribution is -0.140. The van der Waals surface area contributed by atoms with Gasteiger partial charge in [0.15, 0.2) is 0 Å². The van der Waals surface area contributed by atoms with E-state index in [9.17, 15) is 9.18 Å². The molecule has 0 N–H and O–H groups in total. The van der Waals surface area contributed by atoms with E-state index in [0.29, 0.717) is 5.92 Å². The van der Waals surface area contributed by atoms with E-state index in [1.807, 2.05) is 37.8 Å². The van der Waals surface area contributed by atoms with Gasteiger partial charge in [-0.25, -0.2) is 4.39 Å². The summed E-state index contributed by atoms with van der Waals surface area (Å²) in [6.07, 6.45) is 2.72. The molecule has 0 aromatic heterocycles. The Bertz CT molecular complexity index is 470. The van der Waals surface area contributed by atoms with Gasteiger partial charge in [0.25, 0.3) is 0 Å². The highest BCUT2D eigenvalue weighted by atomic mass is 19.1. The van der Waals surface area contributed by atoms with Crippen molar-refractivity contribution in [1.29, 1.82) is 0 Å². The van der Waals surface area contributed by atoms with E-state index in [-0.39, 0.29) is 17.1 Å². The van der Waals surface area contributed by atoms with Gasteiger partial charge in [0.05, 0.1) is 0 Å². The molecule has 3 heteroatoms. The van der Waals surface area contributed by atoms with Gasteiger partial charge in [-0.2, -0.15) is 0 Å². The molecule has 1 amide bonds. The largest absolute Gasteiger partial charge is 0.342 e. The highest BCUT2D eigenvalue weighted by molar-refractivity contribution is 5.81. The Labute approximate surface area is 121 Å². The molecular formula is C17H24FNO. The molecule has 1 aromatic rings. The third-order valence-corrected chi connectivity index (χ3v) is 4.01. The van der Waals surface area contributed by atoms with Crippen LogP contribution in [0.1, 0.15) is 39.2 Å². The van der Waals surface area contributed by atoms with E-state index in [0.717, 1.165) is 37.9 Å². The molecule has 110 valence electrons. The molecule has 1 saturated heterocycles. The van der Waals surface area contributed by atoms with Crippen molar-refractivity contribution < 1.29 is 9.18 Å². The first-order chi connectivity index (χ1) is 9.38. The van der Waals surface area contributed by atoms with E-state index in [2.05, 4.69) is 0 Å². The fraction of sp³-hybridized carbons (Fsp3) is 0.588. The molecule has 0 atom stereocenters. The molecule has 2 rings (SSSR count). The van der Waals surface area contributed by atoms with Crippen molar-refractivity contribution in [3.05, 3.63) is 35.6 Å². The van der Waals surface area contributed by atoms with Crippen molar-refractivity contribution in [1.82, 2.24) is 4.90 Å². The fourth-order valence-corrected chi connectivity index (χ4v) is 2.79. The van der Waals surface area contributed by atoms with Gasteiger partial charge < -0.3 is 4.90 Å². The van der Waals surface area contributed by atoms with Crippen molar-refractivity contribution in [2.45, 2.75) is 40.0 Å². The molecule has 0 unspecified atom stereocenters. The first kappa shape index (κ1) is 15.0. The van der Waals surface area contributed by atoms with Crippen LogP contribution in [0.2, 0.25) is 0 Å². The molecule has 0 spiro atoms. The second-order valence-corrected chi connectivity index (χ2v) is 6.78. The van der Waals surface area contributed by atoms with E-state index < -0.39 is 0 Å². The SMILES string of the molecule is CC(C)(C)C(=O)N1CCC(Cc2ccccc2F)CC1. The zero-order valence-electron chi connectivity index (χ0n) is 12.7. The summed E-state index contributed by atoms with van der Waals surface area (Å²) in [6, 6.07) is 7.00. The molecule has 1 aliphatic rings. The minimum Gasteiger partial charge on any atom is -0.342 e. The second kappa shape index (κ2) is 5.94. The first-order valence-corrected chi connectivity index (χ1v) is 7.40. The highest BCUT2D eigenvalue weighted by Crippen LogP contribution is 2.26.